The highest BCUT2D eigenvalue weighted by atomic mass is 32.2. The number of para-hydroxylation sites is 1. The van der Waals surface area contributed by atoms with Crippen molar-refractivity contribution in [3.05, 3.63) is 59.9 Å². The number of nitrogens with one attached hydrogen (secondary N) is 1. The summed E-state index contributed by atoms with van der Waals surface area (Å²) < 4.78 is 13.6. The molecule has 0 bridgehead atoms. The fourth-order valence-corrected chi connectivity index (χ4v) is 2.59. The van der Waals surface area contributed by atoms with E-state index in [2.05, 4.69) is 5.32 Å². The Kier molecular flexibility index (Phi) is 4.96. The minimum atomic E-state index is -0.478. The molecule has 1 atom stereocenters. The molecular weight excluding hydrogens is 287 g/mol. The molecule has 3 nitrogen and oxygen atoms in total. The molecule has 21 heavy (non-hydrogen) atoms. The minimum Gasteiger partial charge on any atom is -0.324 e. The highest BCUT2D eigenvalue weighted by molar-refractivity contribution is 8.00. The van der Waals surface area contributed by atoms with Crippen LogP contribution in [0.3, 0.4) is 0 Å². The monoisotopic (exact) mass is 300 g/mol. The lowest BCUT2D eigenvalue weighted by molar-refractivity contribution is -0.115. The van der Waals surface area contributed by atoms with E-state index in [1.165, 1.54) is 6.07 Å². The second-order valence-corrected chi connectivity index (χ2v) is 5.72. The maximum atomic E-state index is 13.6. The van der Waals surface area contributed by atoms with Crippen LogP contribution in [-0.2, 0) is 4.79 Å². The van der Waals surface area contributed by atoms with Crippen molar-refractivity contribution in [2.24, 2.45) is 0 Å². The lowest BCUT2D eigenvalue weighted by atomic mass is 10.2. The number of thioether (sulfide) groups is 1. The molecule has 0 aromatic heterocycles. The molecule has 1 N–H and O–H groups in total. The van der Waals surface area contributed by atoms with Gasteiger partial charge < -0.3 is 5.32 Å². The average Bonchev–Trinajstić information content (AvgIpc) is 2.50. The van der Waals surface area contributed by atoms with Gasteiger partial charge >= 0.3 is 0 Å². The Balaban J connectivity index is 2.07. The van der Waals surface area contributed by atoms with Crippen LogP contribution in [0.15, 0.2) is 53.4 Å². The molecular formula is C16H13FN2OS. The maximum absolute atomic E-state index is 13.6. The largest absolute Gasteiger partial charge is 0.324 e. The van der Waals surface area contributed by atoms with Crippen LogP contribution in [0, 0.1) is 17.1 Å². The number of rotatable bonds is 4. The predicted octanol–water partition coefficient (Wildman–Crippen LogP) is 3.82. The number of nitriles is 1. The van der Waals surface area contributed by atoms with Crippen LogP contribution in [0.5, 0.6) is 0 Å². The van der Waals surface area contributed by atoms with E-state index in [1.54, 1.807) is 49.4 Å². The molecule has 0 heterocycles. The molecule has 0 aliphatic heterocycles. The van der Waals surface area contributed by atoms with E-state index in [0.717, 1.165) is 11.8 Å². The molecule has 0 saturated carbocycles. The smallest absolute Gasteiger partial charge is 0.237 e. The number of anilines is 1. The van der Waals surface area contributed by atoms with Gasteiger partial charge in [-0.3, -0.25) is 4.79 Å². The Labute approximate surface area is 126 Å². The zero-order chi connectivity index (χ0) is 15.2. The highest BCUT2D eigenvalue weighted by Crippen LogP contribution is 2.26. The Morgan fingerprint density at radius 2 is 1.90 bits per heavy atom. The first kappa shape index (κ1) is 15.1. The van der Waals surface area contributed by atoms with E-state index in [4.69, 9.17) is 5.26 Å². The molecule has 106 valence electrons. The molecule has 1 unspecified atom stereocenters. The van der Waals surface area contributed by atoms with Crippen LogP contribution in [0.1, 0.15) is 12.5 Å². The van der Waals surface area contributed by atoms with Gasteiger partial charge in [0, 0.05) is 4.90 Å². The summed E-state index contributed by atoms with van der Waals surface area (Å²) in [7, 11) is 0. The summed E-state index contributed by atoms with van der Waals surface area (Å²) in [6, 6.07) is 15.1. The number of hydrogen-bond donors (Lipinski definition) is 1. The lowest BCUT2D eigenvalue weighted by Gasteiger charge is -2.13. The maximum Gasteiger partial charge on any atom is 0.237 e. The van der Waals surface area contributed by atoms with Crippen molar-refractivity contribution >= 4 is 23.4 Å². The van der Waals surface area contributed by atoms with Gasteiger partial charge in [-0.15, -0.1) is 11.8 Å². The van der Waals surface area contributed by atoms with Crippen molar-refractivity contribution in [1.82, 2.24) is 0 Å². The topological polar surface area (TPSA) is 52.9 Å². The molecule has 2 aromatic rings. The normalized spacial score (nSPS) is 11.5. The quantitative estimate of drug-likeness (QED) is 0.873. The first-order chi connectivity index (χ1) is 10.1. The van der Waals surface area contributed by atoms with Gasteiger partial charge in [-0.05, 0) is 31.2 Å². The van der Waals surface area contributed by atoms with Crippen LogP contribution >= 0.6 is 11.8 Å². The molecule has 2 rings (SSSR count). The number of carbonyl (C=O) groups excluding carboxylic acids is 1. The third-order valence-corrected chi connectivity index (χ3v) is 3.97. The number of hydrogen-bond acceptors (Lipinski definition) is 3. The van der Waals surface area contributed by atoms with Crippen LogP contribution < -0.4 is 5.32 Å². The third kappa shape index (κ3) is 3.83. The molecule has 0 radical (unpaired) electrons. The van der Waals surface area contributed by atoms with Crippen molar-refractivity contribution in [2.75, 3.05) is 5.32 Å². The van der Waals surface area contributed by atoms with Gasteiger partial charge in [-0.25, -0.2) is 4.39 Å². The molecule has 0 spiro atoms. The van der Waals surface area contributed by atoms with Crippen molar-refractivity contribution in [3.63, 3.8) is 0 Å². The lowest BCUT2D eigenvalue weighted by Crippen LogP contribution is -2.23. The number of benzene rings is 2. The molecule has 2 aromatic carbocycles. The van der Waals surface area contributed by atoms with E-state index < -0.39 is 5.25 Å². The van der Waals surface area contributed by atoms with E-state index in [-0.39, 0.29) is 11.7 Å². The SMILES string of the molecule is CC(Sc1ccccc1F)C(=O)Nc1ccccc1C#N. The zero-order valence-electron chi connectivity index (χ0n) is 11.3. The summed E-state index contributed by atoms with van der Waals surface area (Å²) in [5, 5.41) is 11.2. The van der Waals surface area contributed by atoms with Gasteiger partial charge in [-0.1, -0.05) is 24.3 Å². The highest BCUT2D eigenvalue weighted by Gasteiger charge is 2.17. The minimum absolute atomic E-state index is 0.272. The summed E-state index contributed by atoms with van der Waals surface area (Å²) in [6.07, 6.45) is 0. The Morgan fingerprint density at radius 3 is 2.62 bits per heavy atom. The van der Waals surface area contributed by atoms with Crippen LogP contribution in [0.25, 0.3) is 0 Å². The van der Waals surface area contributed by atoms with Crippen molar-refractivity contribution in [3.8, 4) is 6.07 Å². The van der Waals surface area contributed by atoms with Crippen LogP contribution in [0.4, 0.5) is 10.1 Å². The second-order valence-electron chi connectivity index (χ2n) is 4.34. The fourth-order valence-electron chi connectivity index (χ4n) is 1.71. The average molecular weight is 300 g/mol. The van der Waals surface area contributed by atoms with Crippen LogP contribution in [0.2, 0.25) is 0 Å². The molecule has 1 amide bonds. The van der Waals surface area contributed by atoms with Gasteiger partial charge in [0.2, 0.25) is 5.91 Å². The molecule has 0 saturated heterocycles. The first-order valence-corrected chi connectivity index (χ1v) is 7.21. The fraction of sp³-hybridized carbons (Fsp3) is 0.125. The Hall–Kier alpha value is -2.32. The van der Waals surface area contributed by atoms with Gasteiger partial charge in [0.1, 0.15) is 11.9 Å². The second kappa shape index (κ2) is 6.91. The van der Waals surface area contributed by atoms with Crippen LogP contribution in [-0.4, -0.2) is 11.2 Å². The summed E-state index contributed by atoms with van der Waals surface area (Å²) in [6.45, 7) is 1.70. The summed E-state index contributed by atoms with van der Waals surface area (Å²) in [5.74, 6) is -0.620. The number of nitrogens with zero attached hydrogens (tertiary/aromatic N) is 1. The first-order valence-electron chi connectivity index (χ1n) is 6.33. The summed E-state index contributed by atoms with van der Waals surface area (Å²) in [4.78, 5) is 12.6. The molecule has 0 aliphatic rings. The zero-order valence-corrected chi connectivity index (χ0v) is 12.2. The Bertz CT molecular complexity index is 697. The Morgan fingerprint density at radius 1 is 1.24 bits per heavy atom. The van der Waals surface area contributed by atoms with Gasteiger partial charge in [-0.2, -0.15) is 5.26 Å². The number of halogens is 1. The van der Waals surface area contributed by atoms with Gasteiger partial charge in [0.25, 0.3) is 0 Å². The van der Waals surface area contributed by atoms with Crippen molar-refractivity contribution in [2.45, 2.75) is 17.1 Å². The van der Waals surface area contributed by atoms with Crippen molar-refractivity contribution < 1.29 is 9.18 Å². The van der Waals surface area contributed by atoms with Crippen molar-refractivity contribution in [1.29, 1.82) is 5.26 Å². The number of amides is 1. The summed E-state index contributed by atoms with van der Waals surface area (Å²) >= 11 is 1.14. The molecule has 0 fully saturated rings. The summed E-state index contributed by atoms with van der Waals surface area (Å²) in [5.41, 5.74) is 0.861. The predicted molar refractivity (Wildman–Crippen MR) is 81.5 cm³/mol. The molecule has 0 aliphatic carbocycles. The van der Waals surface area contributed by atoms with Gasteiger partial charge in [0.15, 0.2) is 0 Å². The van der Waals surface area contributed by atoms with E-state index in [0.29, 0.717) is 16.1 Å². The van der Waals surface area contributed by atoms with Gasteiger partial charge in [0.05, 0.1) is 16.5 Å². The standard InChI is InChI=1S/C16H13FN2OS/c1-11(21-15-9-5-3-7-13(15)17)16(20)19-14-8-4-2-6-12(14)10-18/h2-9,11H,1H3,(H,19,20). The van der Waals surface area contributed by atoms with E-state index in [1.807, 2.05) is 6.07 Å². The third-order valence-electron chi connectivity index (χ3n) is 2.82. The number of carbonyl (C=O) groups is 1. The molecule has 5 heteroatoms. The van der Waals surface area contributed by atoms with E-state index >= 15 is 0 Å². The van der Waals surface area contributed by atoms with E-state index in [9.17, 15) is 9.18 Å².